The van der Waals surface area contributed by atoms with Crippen LogP contribution in [-0.2, 0) is 0 Å². The Morgan fingerprint density at radius 2 is 0.556 bits per heavy atom. The van der Waals surface area contributed by atoms with Gasteiger partial charge in [0.05, 0.1) is 33.4 Å². The van der Waals surface area contributed by atoms with Crippen molar-refractivity contribution in [1.29, 1.82) is 0 Å². The van der Waals surface area contributed by atoms with E-state index in [0.717, 1.165) is 0 Å². The second-order valence-corrected chi connectivity index (χ2v) is 14.5. The Morgan fingerprint density at radius 1 is 0.222 bits per heavy atom. The minimum atomic E-state index is 1.19. The van der Waals surface area contributed by atoms with Crippen LogP contribution in [0.4, 0.5) is 0 Å². The summed E-state index contributed by atoms with van der Waals surface area (Å²) in [5.74, 6) is 0. The van der Waals surface area contributed by atoms with Gasteiger partial charge in [0.25, 0.3) is 0 Å². The summed E-state index contributed by atoms with van der Waals surface area (Å²) in [4.78, 5) is 0. The van der Waals surface area contributed by atoms with Gasteiger partial charge >= 0.3 is 0 Å². The van der Waals surface area contributed by atoms with Crippen LogP contribution in [-0.4, -0.2) is 9.13 Å². The van der Waals surface area contributed by atoms with Crippen molar-refractivity contribution in [3.05, 3.63) is 194 Å². The predicted octanol–water partition coefficient (Wildman–Crippen LogP) is 14.2. The normalized spacial score (nSPS) is 12.1. The van der Waals surface area contributed by atoms with Crippen LogP contribution in [0.3, 0.4) is 0 Å². The summed E-state index contributed by atoms with van der Waals surface area (Å²) < 4.78 is 4.97. The molecule has 0 N–H and O–H groups in total. The van der Waals surface area contributed by atoms with Gasteiger partial charge in [-0.25, -0.2) is 0 Å². The highest BCUT2D eigenvalue weighted by atomic mass is 15.0. The quantitative estimate of drug-likeness (QED) is 0.164. The number of aromatic nitrogens is 2. The molecular weight excluding hydrogens is 653 g/mol. The van der Waals surface area contributed by atoms with Crippen LogP contribution >= 0.6 is 0 Å². The lowest BCUT2D eigenvalue weighted by molar-refractivity contribution is 1.20. The zero-order valence-corrected chi connectivity index (χ0v) is 29.4. The molecule has 12 rings (SSSR count). The van der Waals surface area contributed by atoms with Gasteiger partial charge < -0.3 is 9.13 Å². The SMILES string of the molecule is c1ccc2c(c1)cc(-n1c3ccccc3c3ccc(-c4ccc5c6ccccc6n(-c6cc7ccccc7c7ccccc67)c5c4)cc31)c1ccccc12. The van der Waals surface area contributed by atoms with E-state index in [1.807, 2.05) is 0 Å². The number of benzene rings is 10. The molecule has 0 atom stereocenters. The highest BCUT2D eigenvalue weighted by Gasteiger charge is 2.19. The van der Waals surface area contributed by atoms with E-state index < -0.39 is 0 Å². The Bertz CT molecular complexity index is 3270. The van der Waals surface area contributed by atoms with Crippen LogP contribution in [0.25, 0.3) is 109 Å². The molecule has 2 heterocycles. The lowest BCUT2D eigenvalue weighted by Gasteiger charge is -2.15. The Balaban J connectivity index is 1.14. The van der Waals surface area contributed by atoms with E-state index >= 15 is 0 Å². The van der Waals surface area contributed by atoms with E-state index in [-0.39, 0.29) is 0 Å². The monoisotopic (exact) mass is 684 g/mol. The molecule has 0 amide bonds. The second kappa shape index (κ2) is 11.2. The highest BCUT2D eigenvalue weighted by molar-refractivity contribution is 6.17. The zero-order chi connectivity index (χ0) is 35.3. The second-order valence-electron chi connectivity index (χ2n) is 14.5. The fourth-order valence-corrected chi connectivity index (χ4v) is 9.26. The van der Waals surface area contributed by atoms with Crippen molar-refractivity contribution in [3.63, 3.8) is 0 Å². The lowest BCUT2D eigenvalue weighted by Crippen LogP contribution is -1.97. The van der Waals surface area contributed by atoms with Gasteiger partial charge in [-0.2, -0.15) is 0 Å². The summed E-state index contributed by atoms with van der Waals surface area (Å²) >= 11 is 0. The first kappa shape index (κ1) is 29.4. The molecule has 10 aromatic carbocycles. The molecule has 0 fully saturated rings. The number of rotatable bonds is 3. The fourth-order valence-electron chi connectivity index (χ4n) is 9.26. The molecule has 0 bridgehead atoms. The number of para-hydroxylation sites is 2. The fraction of sp³-hybridized carbons (Fsp3) is 0. The maximum Gasteiger partial charge on any atom is 0.0547 e. The standard InChI is InChI=1S/C52H32N2/c1-3-15-37-35(13-1)31-51(41-19-7-5-17-39(37)41)53-47-23-11-9-21-43(47)45-27-25-33(29-49(45)53)34-26-28-46-44-22-10-12-24-48(44)54(50(46)30-34)52-32-36-14-2-4-16-38(36)40-18-6-8-20-42(40)52/h1-32H. The first-order valence-corrected chi connectivity index (χ1v) is 18.7. The van der Waals surface area contributed by atoms with Crippen molar-refractivity contribution >= 4 is 86.7 Å². The number of fused-ring (bicyclic) bond motifs is 12. The van der Waals surface area contributed by atoms with Crippen molar-refractivity contribution in [2.24, 2.45) is 0 Å². The third kappa shape index (κ3) is 4.11. The molecule has 0 radical (unpaired) electrons. The molecule has 0 saturated carbocycles. The highest BCUT2D eigenvalue weighted by Crippen LogP contribution is 2.42. The Hall–Kier alpha value is -7.16. The lowest BCUT2D eigenvalue weighted by atomic mass is 9.99. The van der Waals surface area contributed by atoms with Crippen LogP contribution < -0.4 is 0 Å². The minimum absolute atomic E-state index is 1.19. The molecule has 0 unspecified atom stereocenters. The summed E-state index contributed by atoms with van der Waals surface area (Å²) in [6, 6.07) is 71.6. The summed E-state index contributed by atoms with van der Waals surface area (Å²) in [6.07, 6.45) is 0. The molecular formula is C52H32N2. The van der Waals surface area contributed by atoms with Crippen molar-refractivity contribution in [1.82, 2.24) is 9.13 Å². The van der Waals surface area contributed by atoms with Gasteiger partial charge in [0.15, 0.2) is 0 Å². The topological polar surface area (TPSA) is 9.86 Å². The van der Waals surface area contributed by atoms with Crippen LogP contribution in [0.1, 0.15) is 0 Å². The Morgan fingerprint density at radius 3 is 1.00 bits per heavy atom. The van der Waals surface area contributed by atoms with Crippen molar-refractivity contribution in [2.75, 3.05) is 0 Å². The van der Waals surface area contributed by atoms with E-state index in [4.69, 9.17) is 0 Å². The van der Waals surface area contributed by atoms with Crippen LogP contribution in [0, 0.1) is 0 Å². The maximum absolute atomic E-state index is 2.49. The molecule has 0 aliphatic heterocycles. The molecule has 0 aliphatic carbocycles. The van der Waals surface area contributed by atoms with Gasteiger partial charge in [-0.1, -0.05) is 158 Å². The molecule has 54 heavy (non-hydrogen) atoms. The van der Waals surface area contributed by atoms with Gasteiger partial charge in [0.2, 0.25) is 0 Å². The molecule has 0 aliphatic rings. The average molecular weight is 685 g/mol. The predicted molar refractivity (Wildman–Crippen MR) is 231 cm³/mol. The number of hydrogen-bond donors (Lipinski definition) is 0. The summed E-state index contributed by atoms with van der Waals surface area (Å²) in [7, 11) is 0. The third-order valence-electron chi connectivity index (χ3n) is 11.7. The van der Waals surface area contributed by atoms with Gasteiger partial charge in [-0.15, -0.1) is 0 Å². The van der Waals surface area contributed by atoms with E-state index in [1.54, 1.807) is 0 Å². The molecule has 2 nitrogen and oxygen atoms in total. The largest absolute Gasteiger partial charge is 0.309 e. The third-order valence-corrected chi connectivity index (χ3v) is 11.7. The Labute approximate surface area is 311 Å². The molecule has 2 heteroatoms. The van der Waals surface area contributed by atoms with E-state index in [2.05, 4.69) is 203 Å². The zero-order valence-electron chi connectivity index (χ0n) is 29.4. The van der Waals surface area contributed by atoms with Crippen LogP contribution in [0.2, 0.25) is 0 Å². The number of nitrogens with zero attached hydrogens (tertiary/aromatic N) is 2. The molecule has 0 saturated heterocycles. The average Bonchev–Trinajstić information content (AvgIpc) is 3.75. The first-order valence-electron chi connectivity index (χ1n) is 18.7. The first-order chi connectivity index (χ1) is 26.8. The van der Waals surface area contributed by atoms with Gasteiger partial charge in [-0.05, 0) is 79.8 Å². The summed E-state index contributed by atoms with van der Waals surface area (Å²) in [6.45, 7) is 0. The molecule has 2 aromatic heterocycles. The van der Waals surface area contributed by atoms with E-state index in [0.29, 0.717) is 0 Å². The van der Waals surface area contributed by atoms with Crippen LogP contribution in [0.15, 0.2) is 194 Å². The number of hydrogen-bond acceptors (Lipinski definition) is 0. The van der Waals surface area contributed by atoms with E-state index in [9.17, 15) is 0 Å². The summed E-state index contributed by atoms with van der Waals surface area (Å²) in [5, 5.41) is 15.1. The van der Waals surface area contributed by atoms with Crippen molar-refractivity contribution in [2.45, 2.75) is 0 Å². The minimum Gasteiger partial charge on any atom is -0.309 e. The molecule has 250 valence electrons. The van der Waals surface area contributed by atoms with Crippen LogP contribution in [0.5, 0.6) is 0 Å². The molecule has 0 spiro atoms. The van der Waals surface area contributed by atoms with Gasteiger partial charge in [0, 0.05) is 32.3 Å². The summed E-state index contributed by atoms with van der Waals surface area (Å²) in [5.41, 5.74) is 9.62. The smallest absolute Gasteiger partial charge is 0.0547 e. The van der Waals surface area contributed by atoms with E-state index in [1.165, 1.54) is 109 Å². The van der Waals surface area contributed by atoms with Gasteiger partial charge in [0.1, 0.15) is 0 Å². The van der Waals surface area contributed by atoms with Gasteiger partial charge in [-0.3, -0.25) is 0 Å². The maximum atomic E-state index is 2.49. The molecule has 12 aromatic rings. The van der Waals surface area contributed by atoms with Crippen molar-refractivity contribution in [3.8, 4) is 22.5 Å². The van der Waals surface area contributed by atoms with Crippen molar-refractivity contribution < 1.29 is 0 Å². The Kier molecular flexibility index (Phi) is 6.09.